The fraction of sp³-hybridized carbons (Fsp3) is 0.467. The predicted octanol–water partition coefficient (Wildman–Crippen LogP) is -0.130. The van der Waals surface area contributed by atoms with E-state index in [1.54, 1.807) is 4.90 Å². The van der Waals surface area contributed by atoms with Crippen molar-refractivity contribution in [1.82, 2.24) is 0 Å². The first-order valence-corrected chi connectivity index (χ1v) is 8.58. The summed E-state index contributed by atoms with van der Waals surface area (Å²) in [6.45, 7) is 2.66. The van der Waals surface area contributed by atoms with Gasteiger partial charge < -0.3 is 17.3 Å². The van der Waals surface area contributed by atoms with Gasteiger partial charge in [0.05, 0.1) is 20.1 Å². The fourth-order valence-electron chi connectivity index (χ4n) is 3.11. The highest BCUT2D eigenvalue weighted by Gasteiger charge is 2.29. The molecule has 0 atom stereocenters. The predicted molar refractivity (Wildman–Crippen MR) is 79.8 cm³/mol. The topological polar surface area (TPSA) is 4.44 Å². The number of rotatable bonds is 3. The van der Waals surface area contributed by atoms with Crippen LogP contribution in [0.15, 0.2) is 33.7 Å². The van der Waals surface area contributed by atoms with Gasteiger partial charge in [-0.3, -0.25) is 0 Å². The fourth-order valence-corrected chi connectivity index (χ4v) is 4.50. The van der Waals surface area contributed by atoms with Crippen molar-refractivity contribution >= 4 is 22.7 Å². The molecule has 1 N–H and O–H groups in total. The van der Waals surface area contributed by atoms with Gasteiger partial charge in [-0.05, 0) is 50.7 Å². The van der Waals surface area contributed by atoms with Crippen molar-refractivity contribution in [2.45, 2.75) is 18.8 Å². The number of halogens is 1. The van der Waals surface area contributed by atoms with Crippen LogP contribution in [0.1, 0.15) is 29.9 Å². The minimum absolute atomic E-state index is 0. The zero-order valence-electron chi connectivity index (χ0n) is 11.1. The average Bonchev–Trinajstić information content (AvgIpc) is 3.06. The van der Waals surface area contributed by atoms with Gasteiger partial charge in [0.25, 0.3) is 0 Å². The highest BCUT2D eigenvalue weighted by atomic mass is 35.5. The molecule has 2 aromatic heterocycles. The summed E-state index contributed by atoms with van der Waals surface area (Å²) in [5.41, 5.74) is 3.06. The van der Waals surface area contributed by atoms with Gasteiger partial charge in [0.2, 0.25) is 0 Å². The minimum atomic E-state index is 0. The molecule has 1 aliphatic heterocycles. The Kier molecular flexibility index (Phi) is 5.46. The van der Waals surface area contributed by atoms with E-state index in [1.807, 2.05) is 22.7 Å². The Morgan fingerprint density at radius 2 is 1.58 bits per heavy atom. The molecule has 1 nitrogen and oxygen atoms in total. The molecular formula is C15H20ClNS2. The van der Waals surface area contributed by atoms with Crippen LogP contribution in [0.2, 0.25) is 0 Å². The number of thiophene rings is 2. The summed E-state index contributed by atoms with van der Waals surface area (Å²) in [4.78, 5) is 1.70. The minimum Gasteiger partial charge on any atom is -1.00 e. The number of quaternary nitrogens is 1. The first kappa shape index (κ1) is 15.0. The lowest BCUT2D eigenvalue weighted by Gasteiger charge is -2.32. The van der Waals surface area contributed by atoms with Gasteiger partial charge in [-0.25, -0.2) is 0 Å². The van der Waals surface area contributed by atoms with Gasteiger partial charge in [-0.2, -0.15) is 22.7 Å². The maximum absolute atomic E-state index is 2.34. The highest BCUT2D eigenvalue weighted by Crippen LogP contribution is 2.38. The Morgan fingerprint density at radius 1 is 1.05 bits per heavy atom. The van der Waals surface area contributed by atoms with Crippen LogP contribution in [-0.4, -0.2) is 20.1 Å². The Labute approximate surface area is 129 Å². The van der Waals surface area contributed by atoms with Gasteiger partial charge in [0.15, 0.2) is 0 Å². The molecule has 0 aliphatic carbocycles. The van der Waals surface area contributed by atoms with E-state index >= 15 is 0 Å². The van der Waals surface area contributed by atoms with Crippen molar-refractivity contribution in [2.75, 3.05) is 20.1 Å². The summed E-state index contributed by atoms with van der Waals surface area (Å²) in [5, 5.41) is 9.12. The first-order valence-electron chi connectivity index (χ1n) is 6.70. The van der Waals surface area contributed by atoms with Crippen LogP contribution in [0.4, 0.5) is 0 Å². The first-order chi connectivity index (χ1) is 8.84. The number of likely N-dealkylation sites (tertiary alicyclic amines) is 1. The van der Waals surface area contributed by atoms with Crippen molar-refractivity contribution in [1.29, 1.82) is 0 Å². The van der Waals surface area contributed by atoms with E-state index < -0.39 is 0 Å². The molecule has 0 aromatic carbocycles. The molecule has 104 valence electrons. The standard InChI is InChI=1S/C15H19NS2.ClH/c1-16-6-2-12(3-7-16)15(13-4-8-17-10-13)14-5-9-18-11-14;/h4-5,8-12,15H,2-3,6-7H2,1H3;1H. The molecule has 0 bridgehead atoms. The summed E-state index contributed by atoms with van der Waals surface area (Å²) in [6, 6.07) is 4.64. The maximum Gasteiger partial charge on any atom is 0.0771 e. The van der Waals surface area contributed by atoms with Crippen LogP contribution < -0.4 is 17.3 Å². The van der Waals surface area contributed by atoms with Gasteiger partial charge >= 0.3 is 0 Å². The van der Waals surface area contributed by atoms with Crippen LogP contribution in [-0.2, 0) is 0 Å². The van der Waals surface area contributed by atoms with E-state index in [4.69, 9.17) is 0 Å². The van der Waals surface area contributed by atoms with Crippen molar-refractivity contribution in [3.63, 3.8) is 0 Å². The van der Waals surface area contributed by atoms with E-state index in [1.165, 1.54) is 37.1 Å². The second kappa shape index (κ2) is 6.89. The lowest BCUT2D eigenvalue weighted by atomic mass is 9.78. The lowest BCUT2D eigenvalue weighted by molar-refractivity contribution is -0.886. The largest absolute Gasteiger partial charge is 1.00 e. The van der Waals surface area contributed by atoms with Gasteiger partial charge in [0.1, 0.15) is 0 Å². The molecule has 1 fully saturated rings. The van der Waals surface area contributed by atoms with Gasteiger partial charge in [-0.15, -0.1) is 0 Å². The number of hydrogen-bond donors (Lipinski definition) is 1. The smallest absolute Gasteiger partial charge is 0.0771 e. The van der Waals surface area contributed by atoms with Crippen LogP contribution in [0.5, 0.6) is 0 Å². The van der Waals surface area contributed by atoms with Crippen molar-refractivity contribution in [2.24, 2.45) is 5.92 Å². The number of piperidine rings is 1. The number of nitrogens with one attached hydrogen (secondary N) is 1. The normalized spacial score (nSPS) is 23.3. The molecule has 0 saturated carbocycles. The number of hydrogen-bond acceptors (Lipinski definition) is 2. The van der Waals surface area contributed by atoms with E-state index in [0.717, 1.165) is 5.92 Å². The van der Waals surface area contributed by atoms with Crippen LogP contribution >= 0.6 is 22.7 Å². The Balaban J connectivity index is 0.00000133. The molecule has 19 heavy (non-hydrogen) atoms. The van der Waals surface area contributed by atoms with Crippen LogP contribution in [0.3, 0.4) is 0 Å². The Hall–Kier alpha value is -0.350. The molecule has 1 aliphatic rings. The Bertz CT molecular complexity index is 424. The Morgan fingerprint density at radius 3 is 2.00 bits per heavy atom. The molecule has 0 amide bonds. The van der Waals surface area contributed by atoms with Crippen LogP contribution in [0.25, 0.3) is 0 Å². The third-order valence-corrected chi connectivity index (χ3v) is 5.56. The van der Waals surface area contributed by atoms with E-state index in [-0.39, 0.29) is 12.4 Å². The molecule has 4 heteroatoms. The second-order valence-electron chi connectivity index (χ2n) is 5.39. The molecule has 1 saturated heterocycles. The quantitative estimate of drug-likeness (QED) is 0.805. The highest BCUT2D eigenvalue weighted by molar-refractivity contribution is 7.08. The summed E-state index contributed by atoms with van der Waals surface area (Å²) in [5.74, 6) is 1.47. The summed E-state index contributed by atoms with van der Waals surface area (Å²) < 4.78 is 0. The molecule has 0 spiro atoms. The zero-order chi connectivity index (χ0) is 12.4. The molecule has 3 heterocycles. The third kappa shape index (κ3) is 3.40. The summed E-state index contributed by atoms with van der Waals surface area (Å²) in [6.07, 6.45) is 2.73. The average molecular weight is 314 g/mol. The van der Waals surface area contributed by atoms with Crippen molar-refractivity contribution < 1.29 is 17.3 Å². The zero-order valence-corrected chi connectivity index (χ0v) is 13.5. The molecule has 2 aromatic rings. The summed E-state index contributed by atoms with van der Waals surface area (Å²) in [7, 11) is 2.32. The molecule has 0 unspecified atom stereocenters. The van der Waals surface area contributed by atoms with E-state index in [2.05, 4.69) is 40.7 Å². The second-order valence-corrected chi connectivity index (χ2v) is 6.95. The van der Waals surface area contributed by atoms with Gasteiger partial charge in [-0.1, -0.05) is 0 Å². The van der Waals surface area contributed by atoms with E-state index in [0.29, 0.717) is 5.92 Å². The molecular weight excluding hydrogens is 294 g/mol. The summed E-state index contributed by atoms with van der Waals surface area (Å²) >= 11 is 3.66. The lowest BCUT2D eigenvalue weighted by Crippen LogP contribution is -3.10. The van der Waals surface area contributed by atoms with Crippen molar-refractivity contribution in [3.8, 4) is 0 Å². The maximum atomic E-state index is 2.34. The van der Waals surface area contributed by atoms with E-state index in [9.17, 15) is 0 Å². The third-order valence-electron chi connectivity index (χ3n) is 4.16. The van der Waals surface area contributed by atoms with Crippen LogP contribution in [0, 0.1) is 5.92 Å². The molecule has 0 radical (unpaired) electrons. The van der Waals surface area contributed by atoms with Gasteiger partial charge in [0, 0.05) is 18.8 Å². The monoisotopic (exact) mass is 313 g/mol. The molecule has 3 rings (SSSR count). The van der Waals surface area contributed by atoms with Crippen molar-refractivity contribution in [3.05, 3.63) is 44.8 Å². The SMILES string of the molecule is C[NH+]1CCC(C(c2ccsc2)c2ccsc2)CC1.[Cl-].